The molecule has 0 saturated heterocycles. The third kappa shape index (κ3) is 4.72. The largest absolute Gasteiger partial charge is 0.462 e. The van der Waals surface area contributed by atoms with Crippen molar-refractivity contribution in [3.05, 3.63) is 58.6 Å². The monoisotopic (exact) mass is 438 g/mol. The Morgan fingerprint density at radius 2 is 1.93 bits per heavy atom. The zero-order valence-electron chi connectivity index (χ0n) is 15.8. The number of carbonyl (C=O) groups excluding carboxylic acids is 1. The number of rotatable bonds is 7. The Hall–Kier alpha value is -2.56. The van der Waals surface area contributed by atoms with Crippen LogP contribution in [0.3, 0.4) is 0 Å². The van der Waals surface area contributed by atoms with Crippen LogP contribution in [0.2, 0.25) is 0 Å². The number of benzene rings is 2. The van der Waals surface area contributed by atoms with Crippen molar-refractivity contribution in [2.24, 2.45) is 4.40 Å². The summed E-state index contributed by atoms with van der Waals surface area (Å²) in [6, 6.07) is 9.45. The standard InChI is InChI=1S/C19H19FN2O5S2/c1-3-27-18(23)13-4-9-16-17(12-13)28-19(22(16)10-11-26-2)21-29(24,25)15-7-5-14(20)6-8-15/h4-9,12H,3,10-11H2,1-2H3. The molecule has 0 atom stereocenters. The Kier molecular flexibility index (Phi) is 6.46. The normalized spacial score (nSPS) is 12.4. The van der Waals surface area contributed by atoms with Gasteiger partial charge in [-0.05, 0) is 49.4 Å². The van der Waals surface area contributed by atoms with Crippen LogP contribution in [0.4, 0.5) is 4.39 Å². The van der Waals surface area contributed by atoms with Crippen LogP contribution in [0.1, 0.15) is 17.3 Å². The van der Waals surface area contributed by atoms with E-state index in [2.05, 4.69) is 4.40 Å². The second kappa shape index (κ2) is 8.85. The minimum atomic E-state index is -4.04. The molecule has 2 aromatic carbocycles. The Morgan fingerprint density at radius 1 is 1.21 bits per heavy atom. The zero-order valence-corrected chi connectivity index (χ0v) is 17.4. The number of hydrogen-bond acceptors (Lipinski definition) is 6. The molecule has 10 heteroatoms. The molecule has 3 aromatic rings. The minimum Gasteiger partial charge on any atom is -0.462 e. The van der Waals surface area contributed by atoms with E-state index in [1.54, 1.807) is 36.8 Å². The molecular weight excluding hydrogens is 419 g/mol. The lowest BCUT2D eigenvalue weighted by Gasteiger charge is -2.05. The molecule has 0 aliphatic heterocycles. The number of hydrogen-bond donors (Lipinski definition) is 0. The molecule has 0 aliphatic rings. The van der Waals surface area contributed by atoms with Gasteiger partial charge in [0.05, 0.1) is 33.9 Å². The predicted octanol–water partition coefficient (Wildman–Crippen LogP) is 2.95. The molecule has 1 heterocycles. The molecular formula is C19H19FN2O5S2. The van der Waals surface area contributed by atoms with Crippen LogP contribution >= 0.6 is 11.3 Å². The Morgan fingerprint density at radius 3 is 2.59 bits per heavy atom. The van der Waals surface area contributed by atoms with Gasteiger partial charge in [0.15, 0.2) is 0 Å². The van der Waals surface area contributed by atoms with Crippen molar-refractivity contribution < 1.29 is 27.1 Å². The Bertz CT molecular complexity index is 1200. The second-order valence-electron chi connectivity index (χ2n) is 5.95. The Balaban J connectivity index is 2.15. The van der Waals surface area contributed by atoms with Crippen LogP contribution in [0, 0.1) is 5.82 Å². The third-order valence-electron chi connectivity index (χ3n) is 4.02. The molecule has 0 aliphatic carbocycles. The van der Waals surface area contributed by atoms with E-state index in [0.29, 0.717) is 28.9 Å². The molecule has 0 bridgehead atoms. The number of sulfonamides is 1. The zero-order chi connectivity index (χ0) is 21.0. The molecule has 154 valence electrons. The maximum Gasteiger partial charge on any atom is 0.338 e. The third-order valence-corrected chi connectivity index (χ3v) is 6.46. The van der Waals surface area contributed by atoms with Crippen molar-refractivity contribution in [3.8, 4) is 0 Å². The van der Waals surface area contributed by atoms with E-state index in [9.17, 15) is 17.6 Å². The van der Waals surface area contributed by atoms with E-state index in [4.69, 9.17) is 9.47 Å². The molecule has 0 unspecified atom stereocenters. The SMILES string of the molecule is CCOC(=O)c1ccc2c(c1)sc(=NS(=O)(=O)c1ccc(F)cc1)n2CCOC. The van der Waals surface area contributed by atoms with Crippen molar-refractivity contribution in [3.63, 3.8) is 0 Å². The van der Waals surface area contributed by atoms with E-state index in [1.807, 2.05) is 0 Å². The first kappa shape index (κ1) is 21.2. The number of carbonyl (C=O) groups is 1. The molecule has 0 radical (unpaired) electrons. The summed E-state index contributed by atoms with van der Waals surface area (Å²) in [5, 5.41) is 0. The van der Waals surface area contributed by atoms with Gasteiger partial charge in [-0.25, -0.2) is 9.18 Å². The maximum absolute atomic E-state index is 13.1. The summed E-state index contributed by atoms with van der Waals surface area (Å²) in [4.78, 5) is 12.1. The highest BCUT2D eigenvalue weighted by atomic mass is 32.2. The molecule has 0 N–H and O–H groups in total. The van der Waals surface area contributed by atoms with E-state index in [1.165, 1.54) is 12.1 Å². The summed E-state index contributed by atoms with van der Waals surface area (Å²) in [6.45, 7) is 2.69. The number of aromatic nitrogens is 1. The molecule has 0 saturated carbocycles. The van der Waals surface area contributed by atoms with Gasteiger partial charge >= 0.3 is 5.97 Å². The molecule has 3 rings (SSSR count). The molecule has 1 aromatic heterocycles. The van der Waals surface area contributed by atoms with Crippen molar-refractivity contribution in [1.29, 1.82) is 0 Å². The van der Waals surface area contributed by atoms with Crippen LogP contribution in [0.25, 0.3) is 10.2 Å². The first-order valence-corrected chi connectivity index (χ1v) is 11.0. The molecule has 0 amide bonds. The summed E-state index contributed by atoms with van der Waals surface area (Å²) >= 11 is 1.13. The first-order valence-electron chi connectivity index (χ1n) is 8.71. The van der Waals surface area contributed by atoms with Gasteiger partial charge < -0.3 is 14.0 Å². The van der Waals surface area contributed by atoms with Crippen molar-refractivity contribution >= 4 is 37.5 Å². The van der Waals surface area contributed by atoms with Gasteiger partial charge in [0, 0.05) is 13.7 Å². The number of thiazole rings is 1. The topological polar surface area (TPSA) is 87.0 Å². The van der Waals surface area contributed by atoms with E-state index in [-0.39, 0.29) is 16.3 Å². The van der Waals surface area contributed by atoms with Gasteiger partial charge in [-0.2, -0.15) is 8.42 Å². The van der Waals surface area contributed by atoms with Crippen LogP contribution < -0.4 is 4.80 Å². The second-order valence-corrected chi connectivity index (χ2v) is 8.57. The number of methoxy groups -OCH3 is 1. The fourth-order valence-electron chi connectivity index (χ4n) is 2.65. The number of nitrogens with zero attached hydrogens (tertiary/aromatic N) is 2. The maximum atomic E-state index is 13.1. The predicted molar refractivity (Wildman–Crippen MR) is 107 cm³/mol. The van der Waals surface area contributed by atoms with Crippen molar-refractivity contribution in [2.75, 3.05) is 20.3 Å². The van der Waals surface area contributed by atoms with Crippen molar-refractivity contribution in [1.82, 2.24) is 4.57 Å². The van der Waals surface area contributed by atoms with Gasteiger partial charge in [0.1, 0.15) is 5.82 Å². The van der Waals surface area contributed by atoms with E-state index < -0.39 is 21.8 Å². The molecule has 29 heavy (non-hydrogen) atoms. The summed E-state index contributed by atoms with van der Waals surface area (Å²) in [7, 11) is -2.50. The molecule has 0 spiro atoms. The van der Waals surface area contributed by atoms with Gasteiger partial charge in [-0.1, -0.05) is 11.3 Å². The Labute approximate surface area is 171 Å². The highest BCUT2D eigenvalue weighted by Crippen LogP contribution is 2.21. The number of fused-ring (bicyclic) bond motifs is 1. The highest BCUT2D eigenvalue weighted by molar-refractivity contribution is 7.90. The lowest BCUT2D eigenvalue weighted by atomic mass is 10.2. The number of halogens is 1. The van der Waals surface area contributed by atoms with E-state index in [0.717, 1.165) is 23.5 Å². The van der Waals surface area contributed by atoms with Crippen LogP contribution in [-0.4, -0.2) is 39.3 Å². The first-order chi connectivity index (χ1) is 13.9. The average Bonchev–Trinajstić information content (AvgIpc) is 3.02. The fraction of sp³-hybridized carbons (Fsp3) is 0.263. The summed E-state index contributed by atoms with van der Waals surface area (Å²) in [6.07, 6.45) is 0. The summed E-state index contributed by atoms with van der Waals surface area (Å²) in [5.41, 5.74) is 1.08. The quantitative estimate of drug-likeness (QED) is 0.530. The fourth-order valence-corrected chi connectivity index (χ4v) is 4.94. The molecule has 7 nitrogen and oxygen atoms in total. The number of ether oxygens (including phenoxy) is 2. The van der Waals surface area contributed by atoms with Crippen LogP contribution in [0.15, 0.2) is 51.8 Å². The highest BCUT2D eigenvalue weighted by Gasteiger charge is 2.16. The average molecular weight is 439 g/mol. The van der Waals surface area contributed by atoms with Gasteiger partial charge in [0.2, 0.25) is 4.80 Å². The van der Waals surface area contributed by atoms with Crippen LogP contribution in [-0.2, 0) is 26.0 Å². The van der Waals surface area contributed by atoms with Gasteiger partial charge in [0.25, 0.3) is 10.0 Å². The molecule has 0 fully saturated rings. The smallest absolute Gasteiger partial charge is 0.338 e. The van der Waals surface area contributed by atoms with Crippen molar-refractivity contribution in [2.45, 2.75) is 18.4 Å². The van der Waals surface area contributed by atoms with Gasteiger partial charge in [-0.3, -0.25) is 0 Å². The van der Waals surface area contributed by atoms with Gasteiger partial charge in [-0.15, -0.1) is 4.40 Å². The minimum absolute atomic E-state index is 0.109. The summed E-state index contributed by atoms with van der Waals surface area (Å²) < 4.78 is 54.9. The van der Waals surface area contributed by atoms with Crippen LogP contribution in [0.5, 0.6) is 0 Å². The lowest BCUT2D eigenvalue weighted by molar-refractivity contribution is 0.0526. The van der Waals surface area contributed by atoms with E-state index >= 15 is 0 Å². The summed E-state index contributed by atoms with van der Waals surface area (Å²) in [5.74, 6) is -0.990. The lowest BCUT2D eigenvalue weighted by Crippen LogP contribution is -2.19. The number of esters is 1.